The van der Waals surface area contributed by atoms with Crippen molar-refractivity contribution in [1.82, 2.24) is 0 Å². The predicted octanol–water partition coefficient (Wildman–Crippen LogP) is 1.15. The number of hydrogen-bond acceptors (Lipinski definition) is 1. The van der Waals surface area contributed by atoms with E-state index < -0.39 is 0 Å². The molecule has 1 amide bonds. The summed E-state index contributed by atoms with van der Waals surface area (Å²) in [5, 5.41) is 0. The topological polar surface area (TPSA) is 43.1 Å². The Labute approximate surface area is 56.4 Å². The third-order valence-corrected chi connectivity index (χ3v) is 1.61. The lowest BCUT2D eigenvalue weighted by molar-refractivity contribution is -0.123. The molecule has 9 heavy (non-hydrogen) atoms. The zero-order valence-electron chi connectivity index (χ0n) is 6.35. The van der Waals surface area contributed by atoms with E-state index in [0.29, 0.717) is 5.92 Å². The van der Waals surface area contributed by atoms with Gasteiger partial charge in [0.05, 0.1) is 0 Å². The SMILES string of the molecule is CC[C@H](C(N)=O)C(C)C. The average Bonchev–Trinajstić information content (AvgIpc) is 1.64. The van der Waals surface area contributed by atoms with Crippen LogP contribution >= 0.6 is 0 Å². The van der Waals surface area contributed by atoms with Crippen molar-refractivity contribution < 1.29 is 4.79 Å². The maximum Gasteiger partial charge on any atom is 0.220 e. The molecule has 0 aliphatic rings. The Morgan fingerprint density at radius 3 is 2.00 bits per heavy atom. The first-order valence-electron chi connectivity index (χ1n) is 3.38. The molecule has 0 spiro atoms. The molecule has 2 N–H and O–H groups in total. The summed E-state index contributed by atoms with van der Waals surface area (Å²) in [5.41, 5.74) is 5.11. The Kier molecular flexibility index (Phi) is 3.28. The molecule has 0 aliphatic heterocycles. The van der Waals surface area contributed by atoms with E-state index in [2.05, 4.69) is 0 Å². The third-order valence-electron chi connectivity index (χ3n) is 1.61. The van der Waals surface area contributed by atoms with Crippen LogP contribution in [0, 0.1) is 11.8 Å². The molecule has 0 radical (unpaired) electrons. The van der Waals surface area contributed by atoms with Crippen molar-refractivity contribution >= 4 is 5.91 Å². The number of carbonyl (C=O) groups is 1. The molecule has 2 nitrogen and oxygen atoms in total. The Morgan fingerprint density at radius 2 is 2.00 bits per heavy atom. The van der Waals surface area contributed by atoms with E-state index in [1.54, 1.807) is 0 Å². The monoisotopic (exact) mass is 129 g/mol. The minimum atomic E-state index is -0.174. The summed E-state index contributed by atoms with van der Waals surface area (Å²) in [7, 11) is 0. The molecule has 0 fully saturated rings. The van der Waals surface area contributed by atoms with Crippen LogP contribution in [0.15, 0.2) is 0 Å². The van der Waals surface area contributed by atoms with Crippen LogP contribution < -0.4 is 5.73 Å². The number of rotatable bonds is 3. The number of carbonyl (C=O) groups excluding carboxylic acids is 1. The highest BCUT2D eigenvalue weighted by Crippen LogP contribution is 2.12. The molecular formula is C7H15NO. The van der Waals surface area contributed by atoms with Crippen LogP contribution in [0.1, 0.15) is 27.2 Å². The maximum absolute atomic E-state index is 10.6. The second-order valence-electron chi connectivity index (χ2n) is 2.66. The Balaban J connectivity index is 3.83. The molecule has 0 unspecified atom stereocenters. The first-order chi connectivity index (χ1) is 4.09. The molecule has 0 aromatic heterocycles. The van der Waals surface area contributed by atoms with Crippen LogP contribution in [-0.4, -0.2) is 5.91 Å². The fraction of sp³-hybridized carbons (Fsp3) is 0.857. The summed E-state index contributed by atoms with van der Waals surface area (Å²) in [5.74, 6) is 0.269. The zero-order valence-corrected chi connectivity index (χ0v) is 6.35. The predicted molar refractivity (Wildman–Crippen MR) is 37.8 cm³/mol. The number of primary amides is 1. The minimum absolute atomic E-state index is 0.0602. The normalized spacial score (nSPS) is 13.8. The third kappa shape index (κ3) is 2.49. The molecule has 2 heteroatoms. The van der Waals surface area contributed by atoms with Crippen LogP contribution in [-0.2, 0) is 4.79 Å². The lowest BCUT2D eigenvalue weighted by atomic mass is 9.93. The van der Waals surface area contributed by atoms with E-state index in [1.165, 1.54) is 0 Å². The lowest BCUT2D eigenvalue weighted by Crippen LogP contribution is -2.26. The van der Waals surface area contributed by atoms with Gasteiger partial charge in [0.25, 0.3) is 0 Å². The van der Waals surface area contributed by atoms with Gasteiger partial charge in [-0.15, -0.1) is 0 Å². The van der Waals surface area contributed by atoms with Crippen LogP contribution in [0.3, 0.4) is 0 Å². The van der Waals surface area contributed by atoms with Gasteiger partial charge in [0.1, 0.15) is 0 Å². The fourth-order valence-electron chi connectivity index (χ4n) is 1.00. The van der Waals surface area contributed by atoms with Gasteiger partial charge in [0.2, 0.25) is 5.91 Å². The van der Waals surface area contributed by atoms with Gasteiger partial charge in [-0.2, -0.15) is 0 Å². The molecule has 0 aliphatic carbocycles. The molecule has 0 rings (SSSR count). The second kappa shape index (κ2) is 3.49. The largest absolute Gasteiger partial charge is 0.369 e. The molecule has 0 saturated heterocycles. The summed E-state index contributed by atoms with van der Waals surface area (Å²) in [6.45, 7) is 6.01. The Hall–Kier alpha value is -0.530. The van der Waals surface area contributed by atoms with Gasteiger partial charge >= 0.3 is 0 Å². The van der Waals surface area contributed by atoms with Crippen molar-refractivity contribution in [2.24, 2.45) is 17.6 Å². The smallest absolute Gasteiger partial charge is 0.220 e. The van der Waals surface area contributed by atoms with E-state index in [4.69, 9.17) is 5.73 Å². The van der Waals surface area contributed by atoms with Crippen molar-refractivity contribution in [2.75, 3.05) is 0 Å². The number of hydrogen-bond donors (Lipinski definition) is 1. The van der Waals surface area contributed by atoms with E-state index in [1.807, 2.05) is 20.8 Å². The highest BCUT2D eigenvalue weighted by Gasteiger charge is 2.15. The van der Waals surface area contributed by atoms with Gasteiger partial charge in [0, 0.05) is 5.92 Å². The van der Waals surface area contributed by atoms with Crippen LogP contribution in [0.5, 0.6) is 0 Å². The van der Waals surface area contributed by atoms with Crippen molar-refractivity contribution in [2.45, 2.75) is 27.2 Å². The molecule has 0 aromatic carbocycles. The lowest BCUT2D eigenvalue weighted by Gasteiger charge is -2.13. The van der Waals surface area contributed by atoms with Crippen LogP contribution in [0.25, 0.3) is 0 Å². The first kappa shape index (κ1) is 8.47. The molecule has 0 heterocycles. The van der Waals surface area contributed by atoms with Crippen molar-refractivity contribution in [1.29, 1.82) is 0 Å². The Bertz CT molecular complexity index is 99.1. The van der Waals surface area contributed by atoms with Crippen molar-refractivity contribution in [3.63, 3.8) is 0 Å². The van der Waals surface area contributed by atoms with E-state index in [0.717, 1.165) is 6.42 Å². The van der Waals surface area contributed by atoms with Gasteiger partial charge in [-0.05, 0) is 12.3 Å². The molecule has 54 valence electrons. The van der Waals surface area contributed by atoms with Crippen LogP contribution in [0.4, 0.5) is 0 Å². The van der Waals surface area contributed by atoms with E-state index in [-0.39, 0.29) is 11.8 Å². The van der Waals surface area contributed by atoms with Gasteiger partial charge in [-0.1, -0.05) is 20.8 Å². The van der Waals surface area contributed by atoms with Gasteiger partial charge in [-0.25, -0.2) is 0 Å². The second-order valence-corrected chi connectivity index (χ2v) is 2.66. The standard InChI is InChI=1S/C7H15NO/c1-4-6(5(2)3)7(8)9/h5-6H,4H2,1-3H3,(H2,8,9)/t6-/m0/s1. The molecule has 0 saturated carbocycles. The minimum Gasteiger partial charge on any atom is -0.369 e. The molecule has 1 atom stereocenters. The molecule has 0 bridgehead atoms. The zero-order chi connectivity index (χ0) is 7.44. The van der Waals surface area contributed by atoms with Gasteiger partial charge < -0.3 is 5.73 Å². The first-order valence-corrected chi connectivity index (χ1v) is 3.38. The summed E-state index contributed by atoms with van der Waals surface area (Å²) in [4.78, 5) is 10.6. The number of amides is 1. The van der Waals surface area contributed by atoms with Crippen molar-refractivity contribution in [3.05, 3.63) is 0 Å². The van der Waals surface area contributed by atoms with Crippen molar-refractivity contribution in [3.8, 4) is 0 Å². The highest BCUT2D eigenvalue weighted by molar-refractivity contribution is 5.76. The summed E-state index contributed by atoms with van der Waals surface area (Å²) < 4.78 is 0. The summed E-state index contributed by atoms with van der Waals surface area (Å²) in [6.07, 6.45) is 0.854. The fourth-order valence-corrected chi connectivity index (χ4v) is 1.00. The van der Waals surface area contributed by atoms with E-state index >= 15 is 0 Å². The molecular weight excluding hydrogens is 114 g/mol. The van der Waals surface area contributed by atoms with E-state index in [9.17, 15) is 4.79 Å². The quantitative estimate of drug-likeness (QED) is 0.610. The summed E-state index contributed by atoms with van der Waals surface area (Å²) in [6, 6.07) is 0. The van der Waals surface area contributed by atoms with Gasteiger partial charge in [0.15, 0.2) is 0 Å². The summed E-state index contributed by atoms with van der Waals surface area (Å²) >= 11 is 0. The van der Waals surface area contributed by atoms with Gasteiger partial charge in [-0.3, -0.25) is 4.79 Å². The average molecular weight is 129 g/mol. The molecule has 0 aromatic rings. The maximum atomic E-state index is 10.6. The van der Waals surface area contributed by atoms with Crippen LogP contribution in [0.2, 0.25) is 0 Å². The Morgan fingerprint density at radius 1 is 1.56 bits per heavy atom. The highest BCUT2D eigenvalue weighted by atomic mass is 16.1. The number of nitrogens with two attached hydrogens (primary N) is 1.